The molecule has 2 N–H and O–H groups in total. The SMILES string of the molecule is Cc1cc(CN2C(=O)C(C3=NS(=O)(=O)c4cc(NS(C)(=O)=O)ccc4N3)C(=O)C3C2[C@@H]2CC[C@H]3C2)ccc1F. The van der Waals surface area contributed by atoms with Crippen LogP contribution in [0.3, 0.4) is 0 Å². The third-order valence-corrected chi connectivity index (χ3v) is 10.2. The highest BCUT2D eigenvalue weighted by molar-refractivity contribution is 7.92. The lowest BCUT2D eigenvalue weighted by molar-refractivity contribution is -0.153. The Kier molecular flexibility index (Phi) is 5.88. The molecule has 3 fully saturated rings. The minimum Gasteiger partial charge on any atom is -0.341 e. The van der Waals surface area contributed by atoms with E-state index < -0.39 is 37.8 Å². The number of aryl methyl sites for hydroxylation is 1. The summed E-state index contributed by atoms with van der Waals surface area (Å²) in [7, 11) is -8.01. The molecule has 39 heavy (non-hydrogen) atoms. The van der Waals surface area contributed by atoms with E-state index in [1.807, 2.05) is 0 Å². The summed E-state index contributed by atoms with van der Waals surface area (Å²) in [4.78, 5) is 29.2. The first-order chi connectivity index (χ1) is 18.3. The molecule has 2 aliphatic carbocycles. The van der Waals surface area contributed by atoms with Gasteiger partial charge in [-0.05, 0) is 73.4 Å². The number of ketones is 1. The maximum Gasteiger partial charge on any atom is 0.286 e. The number of sulfonamides is 2. The lowest BCUT2D eigenvalue weighted by Gasteiger charge is -2.45. The van der Waals surface area contributed by atoms with Crippen molar-refractivity contribution in [3.05, 3.63) is 53.3 Å². The number of anilines is 2. The summed E-state index contributed by atoms with van der Waals surface area (Å²) >= 11 is 0. The van der Waals surface area contributed by atoms with Crippen molar-refractivity contribution in [3.63, 3.8) is 0 Å². The van der Waals surface area contributed by atoms with Crippen LogP contribution in [0.2, 0.25) is 0 Å². The van der Waals surface area contributed by atoms with Crippen LogP contribution in [-0.2, 0) is 36.2 Å². The van der Waals surface area contributed by atoms with Crippen LogP contribution in [-0.4, -0.2) is 51.6 Å². The van der Waals surface area contributed by atoms with Gasteiger partial charge in [0.2, 0.25) is 15.9 Å². The minimum absolute atomic E-state index is 0.0377. The average Bonchev–Trinajstić information content (AvgIpc) is 3.46. The molecule has 0 aromatic heterocycles. The van der Waals surface area contributed by atoms with Crippen LogP contribution in [0.25, 0.3) is 0 Å². The number of likely N-dealkylation sites (tertiary alicyclic amines) is 1. The third kappa shape index (κ3) is 4.41. The highest BCUT2D eigenvalue weighted by atomic mass is 32.2. The van der Waals surface area contributed by atoms with Gasteiger partial charge >= 0.3 is 0 Å². The molecule has 0 radical (unpaired) electrons. The Labute approximate surface area is 225 Å². The summed E-state index contributed by atoms with van der Waals surface area (Å²) in [5, 5.41) is 2.87. The molecule has 10 nitrogen and oxygen atoms in total. The molecule has 206 valence electrons. The van der Waals surface area contributed by atoms with Crippen LogP contribution >= 0.6 is 0 Å². The Bertz CT molecular complexity index is 1670. The van der Waals surface area contributed by atoms with E-state index in [2.05, 4.69) is 14.4 Å². The predicted octanol–water partition coefficient (Wildman–Crippen LogP) is 2.66. The van der Waals surface area contributed by atoms with Crippen molar-refractivity contribution in [2.45, 2.75) is 43.7 Å². The summed E-state index contributed by atoms with van der Waals surface area (Å²) in [5.41, 5.74) is 1.30. The van der Waals surface area contributed by atoms with E-state index in [1.54, 1.807) is 24.0 Å². The molecular formula is C26H27FN4O6S2. The van der Waals surface area contributed by atoms with Gasteiger partial charge in [-0.1, -0.05) is 12.1 Å². The number of hydrogen-bond donors (Lipinski definition) is 2. The van der Waals surface area contributed by atoms with Crippen LogP contribution in [0.1, 0.15) is 30.4 Å². The number of piperidine rings is 1. The van der Waals surface area contributed by atoms with Gasteiger partial charge in [-0.2, -0.15) is 8.42 Å². The van der Waals surface area contributed by atoms with Crippen molar-refractivity contribution < 1.29 is 30.8 Å². The number of amidine groups is 1. The van der Waals surface area contributed by atoms with Gasteiger partial charge in [0, 0.05) is 24.2 Å². The molecular weight excluding hydrogens is 547 g/mol. The van der Waals surface area contributed by atoms with Gasteiger partial charge in [0.1, 0.15) is 16.5 Å². The van der Waals surface area contributed by atoms with E-state index in [0.29, 0.717) is 5.56 Å². The molecule has 2 aromatic rings. The van der Waals surface area contributed by atoms with Gasteiger partial charge in [0.15, 0.2) is 11.7 Å². The molecule has 6 rings (SSSR count). The Morgan fingerprint density at radius 2 is 1.87 bits per heavy atom. The first-order valence-electron chi connectivity index (χ1n) is 12.7. The number of nitrogens with zero attached hydrogens (tertiary/aromatic N) is 2. The second-order valence-electron chi connectivity index (χ2n) is 10.9. The van der Waals surface area contributed by atoms with E-state index in [1.165, 1.54) is 18.2 Å². The van der Waals surface area contributed by atoms with Gasteiger partial charge in [-0.15, -0.1) is 4.40 Å². The number of halogens is 1. The number of Topliss-reactive ketones (excluding diaryl/α,β-unsaturated/α-hetero) is 1. The lowest BCUT2D eigenvalue weighted by Crippen LogP contribution is -2.61. The van der Waals surface area contributed by atoms with Crippen molar-refractivity contribution in [1.82, 2.24) is 4.90 Å². The molecule has 3 unspecified atom stereocenters. The number of nitrogens with one attached hydrogen (secondary N) is 2. The van der Waals surface area contributed by atoms with Gasteiger partial charge in [-0.3, -0.25) is 14.3 Å². The fourth-order valence-corrected chi connectivity index (χ4v) is 8.49. The van der Waals surface area contributed by atoms with Crippen LogP contribution in [0.15, 0.2) is 45.7 Å². The molecule has 2 aromatic carbocycles. The van der Waals surface area contributed by atoms with Crippen molar-refractivity contribution in [1.29, 1.82) is 0 Å². The quantitative estimate of drug-likeness (QED) is 0.523. The zero-order valence-electron chi connectivity index (χ0n) is 21.2. The number of rotatable bonds is 5. The summed E-state index contributed by atoms with van der Waals surface area (Å²) < 4.78 is 69.5. The monoisotopic (exact) mass is 574 g/mol. The van der Waals surface area contributed by atoms with Crippen molar-refractivity contribution in [3.8, 4) is 0 Å². The maximum atomic E-state index is 14.0. The summed E-state index contributed by atoms with van der Waals surface area (Å²) in [6.45, 7) is 1.81. The Balaban J connectivity index is 1.38. The molecule has 5 atom stereocenters. The molecule has 0 spiro atoms. The van der Waals surface area contributed by atoms with Crippen LogP contribution in [0.4, 0.5) is 15.8 Å². The van der Waals surface area contributed by atoms with Gasteiger partial charge in [-0.25, -0.2) is 12.8 Å². The molecule has 13 heteroatoms. The van der Waals surface area contributed by atoms with Crippen molar-refractivity contribution in [2.24, 2.45) is 28.1 Å². The highest BCUT2D eigenvalue weighted by Gasteiger charge is 2.60. The molecule has 1 saturated heterocycles. The van der Waals surface area contributed by atoms with E-state index in [4.69, 9.17) is 0 Å². The minimum atomic E-state index is -4.36. The van der Waals surface area contributed by atoms with Gasteiger partial charge < -0.3 is 10.2 Å². The zero-order chi connectivity index (χ0) is 27.9. The maximum absolute atomic E-state index is 14.0. The van der Waals surface area contributed by atoms with Crippen molar-refractivity contribution >= 4 is 48.9 Å². The van der Waals surface area contributed by atoms with Crippen LogP contribution < -0.4 is 10.0 Å². The van der Waals surface area contributed by atoms with Crippen LogP contribution in [0, 0.1) is 36.4 Å². The Morgan fingerprint density at radius 1 is 1.13 bits per heavy atom. The molecule has 2 aliphatic heterocycles. The van der Waals surface area contributed by atoms with Gasteiger partial charge in [0.05, 0.1) is 11.9 Å². The lowest BCUT2D eigenvalue weighted by atomic mass is 9.73. The molecule has 4 aliphatic rings. The molecule has 1 amide bonds. The van der Waals surface area contributed by atoms with Crippen molar-refractivity contribution in [2.75, 3.05) is 16.3 Å². The van der Waals surface area contributed by atoms with E-state index in [0.717, 1.165) is 37.1 Å². The Hall–Kier alpha value is -3.32. The molecule has 2 heterocycles. The number of hydrogen-bond acceptors (Lipinski definition) is 7. The predicted molar refractivity (Wildman–Crippen MR) is 141 cm³/mol. The van der Waals surface area contributed by atoms with Gasteiger partial charge in [0.25, 0.3) is 10.0 Å². The number of benzene rings is 2. The summed E-state index contributed by atoms with van der Waals surface area (Å²) in [6, 6.07) is 8.24. The second kappa shape index (κ2) is 8.85. The number of carbonyl (C=O) groups is 2. The average molecular weight is 575 g/mol. The number of amides is 1. The number of carbonyl (C=O) groups excluding carboxylic acids is 2. The van der Waals surface area contributed by atoms with E-state index in [-0.39, 0.29) is 58.1 Å². The molecule has 2 saturated carbocycles. The van der Waals surface area contributed by atoms with E-state index in [9.17, 15) is 30.8 Å². The first-order valence-corrected chi connectivity index (χ1v) is 16.0. The third-order valence-electron chi connectivity index (χ3n) is 8.27. The van der Waals surface area contributed by atoms with Crippen LogP contribution in [0.5, 0.6) is 0 Å². The fraction of sp³-hybridized carbons (Fsp3) is 0.423. The molecule has 2 bridgehead atoms. The second-order valence-corrected chi connectivity index (χ2v) is 14.2. The van der Waals surface area contributed by atoms with E-state index >= 15 is 0 Å². The summed E-state index contributed by atoms with van der Waals surface area (Å²) in [6.07, 6.45) is 3.56. The number of fused-ring (bicyclic) bond motifs is 6. The fourth-order valence-electron chi connectivity index (χ4n) is 6.75. The summed E-state index contributed by atoms with van der Waals surface area (Å²) in [5.74, 6) is -3.04. The largest absolute Gasteiger partial charge is 0.341 e. The first kappa shape index (κ1) is 25.9. The normalized spacial score (nSPS) is 28.9. The standard InChI is InChI=1S/C26H27FN4O6S2/c1-13-9-14(3-7-18(13)27)12-31-23-16-5-4-15(10-16)21(23)24(32)22(26(31)33)25-28-19-8-6-17(29-38(2,34)35)11-20(19)39(36,37)30-25/h3,6-9,11,15-16,21-23,29H,4-5,10,12H2,1-2H3,(H,28,30)/t15-,16+,21?,22?,23?/m0/s1. The zero-order valence-corrected chi connectivity index (χ0v) is 22.9. The topological polar surface area (TPSA) is 142 Å². The highest BCUT2D eigenvalue weighted by Crippen LogP contribution is 2.54. The Morgan fingerprint density at radius 3 is 2.59 bits per heavy atom. The smallest absolute Gasteiger partial charge is 0.286 e.